The van der Waals surface area contributed by atoms with Crippen LogP contribution >= 0.6 is 11.3 Å². The molecule has 31 heavy (non-hydrogen) atoms. The number of benzene rings is 2. The van der Waals surface area contributed by atoms with Gasteiger partial charge in [0, 0.05) is 11.8 Å². The zero-order valence-electron chi connectivity index (χ0n) is 17.2. The number of para-hydroxylation sites is 1. The number of amides is 1. The molecule has 2 aromatic heterocycles. The van der Waals surface area contributed by atoms with Crippen molar-refractivity contribution in [3.05, 3.63) is 88.9 Å². The number of carbonyl (C=O) groups excluding carboxylic acids is 2. The number of hydrogen-bond donors (Lipinski definition) is 1. The zero-order valence-corrected chi connectivity index (χ0v) is 18.0. The summed E-state index contributed by atoms with van der Waals surface area (Å²) < 4.78 is 6.86. The Labute approximate surface area is 184 Å². The monoisotopic (exact) mass is 431 g/mol. The van der Waals surface area contributed by atoms with Gasteiger partial charge in [-0.1, -0.05) is 36.4 Å². The van der Waals surface area contributed by atoms with Gasteiger partial charge in [0.1, 0.15) is 5.69 Å². The third-order valence-corrected chi connectivity index (χ3v) is 5.80. The van der Waals surface area contributed by atoms with Crippen LogP contribution in [0.15, 0.2) is 72.1 Å². The van der Waals surface area contributed by atoms with Crippen molar-refractivity contribution in [2.75, 3.05) is 11.9 Å². The van der Waals surface area contributed by atoms with Crippen LogP contribution in [0.3, 0.4) is 0 Å². The van der Waals surface area contributed by atoms with E-state index in [1.54, 1.807) is 10.7 Å². The quantitative estimate of drug-likeness (QED) is 0.436. The van der Waals surface area contributed by atoms with Crippen molar-refractivity contribution in [1.82, 2.24) is 9.78 Å². The second kappa shape index (κ2) is 8.97. The van der Waals surface area contributed by atoms with Gasteiger partial charge in [-0.25, -0.2) is 9.48 Å². The number of aryl methyl sites for hydroxylation is 1. The number of thiophene rings is 1. The van der Waals surface area contributed by atoms with Crippen molar-refractivity contribution in [3.8, 4) is 16.3 Å². The Kier molecular flexibility index (Phi) is 5.95. The molecule has 0 aliphatic carbocycles. The molecule has 7 heteroatoms. The molecule has 0 radical (unpaired) electrons. The van der Waals surface area contributed by atoms with Crippen molar-refractivity contribution < 1.29 is 14.3 Å². The third kappa shape index (κ3) is 4.57. The lowest BCUT2D eigenvalue weighted by molar-refractivity contribution is -0.119. The molecule has 0 saturated carbocycles. The molecule has 1 amide bonds. The first kappa shape index (κ1) is 20.6. The van der Waals surface area contributed by atoms with Gasteiger partial charge < -0.3 is 10.1 Å². The van der Waals surface area contributed by atoms with Crippen molar-refractivity contribution in [1.29, 1.82) is 0 Å². The van der Waals surface area contributed by atoms with E-state index in [1.807, 2.05) is 79.9 Å². The minimum Gasteiger partial charge on any atom is -0.451 e. The van der Waals surface area contributed by atoms with Crippen LogP contribution in [0.4, 0.5) is 5.69 Å². The van der Waals surface area contributed by atoms with Gasteiger partial charge in [-0.05, 0) is 54.6 Å². The number of rotatable bonds is 6. The molecule has 156 valence electrons. The van der Waals surface area contributed by atoms with Crippen molar-refractivity contribution in [3.63, 3.8) is 0 Å². The van der Waals surface area contributed by atoms with E-state index in [2.05, 4.69) is 10.4 Å². The van der Waals surface area contributed by atoms with E-state index in [-0.39, 0.29) is 12.3 Å². The number of carbonyl (C=O) groups is 2. The minimum atomic E-state index is -0.615. The highest BCUT2D eigenvalue weighted by molar-refractivity contribution is 7.13. The summed E-state index contributed by atoms with van der Waals surface area (Å²) in [5.74, 6) is -1.01. The Bertz CT molecular complexity index is 1210. The first-order valence-electron chi connectivity index (χ1n) is 9.75. The lowest BCUT2D eigenvalue weighted by atomic mass is 10.1. The summed E-state index contributed by atoms with van der Waals surface area (Å²) in [7, 11) is 0. The molecule has 0 spiro atoms. The smallest absolute Gasteiger partial charge is 0.357 e. The van der Waals surface area contributed by atoms with Crippen LogP contribution in [0, 0.1) is 13.8 Å². The number of ether oxygens (including phenoxy) is 1. The molecule has 4 aromatic rings. The molecule has 2 heterocycles. The number of aromatic nitrogens is 2. The summed E-state index contributed by atoms with van der Waals surface area (Å²) in [6.07, 6.45) is 0. The molecule has 0 bridgehead atoms. The molecule has 0 atom stereocenters. The summed E-state index contributed by atoms with van der Waals surface area (Å²) in [6.45, 7) is 3.52. The highest BCUT2D eigenvalue weighted by Crippen LogP contribution is 2.26. The minimum absolute atomic E-state index is 0.258. The number of esters is 1. The summed E-state index contributed by atoms with van der Waals surface area (Å²) in [5.41, 5.74) is 4.42. The Balaban J connectivity index is 1.52. The fourth-order valence-electron chi connectivity index (χ4n) is 3.12. The second-order valence-corrected chi connectivity index (χ2v) is 7.96. The molecule has 0 saturated heterocycles. The predicted octanol–water partition coefficient (Wildman–Crippen LogP) is 5.01. The Morgan fingerprint density at radius 2 is 1.84 bits per heavy atom. The maximum Gasteiger partial charge on any atom is 0.357 e. The van der Waals surface area contributed by atoms with Crippen LogP contribution in [0.2, 0.25) is 0 Å². The third-order valence-electron chi connectivity index (χ3n) is 4.91. The highest BCUT2D eigenvalue weighted by atomic mass is 32.1. The summed E-state index contributed by atoms with van der Waals surface area (Å²) in [5, 5.41) is 9.33. The van der Waals surface area contributed by atoms with E-state index < -0.39 is 11.9 Å². The summed E-state index contributed by atoms with van der Waals surface area (Å²) >= 11 is 1.53. The van der Waals surface area contributed by atoms with Crippen LogP contribution in [-0.2, 0) is 9.53 Å². The van der Waals surface area contributed by atoms with Gasteiger partial charge in [0.2, 0.25) is 0 Å². The summed E-state index contributed by atoms with van der Waals surface area (Å²) in [6, 6.07) is 20.6. The number of nitrogens with one attached hydrogen (secondary N) is 1. The Morgan fingerprint density at radius 3 is 2.58 bits per heavy atom. The van der Waals surface area contributed by atoms with Crippen molar-refractivity contribution >= 4 is 28.9 Å². The van der Waals surface area contributed by atoms with E-state index >= 15 is 0 Å². The molecule has 2 aromatic carbocycles. The molecule has 6 nitrogen and oxygen atoms in total. The molecule has 0 aliphatic heterocycles. The normalized spacial score (nSPS) is 10.6. The van der Waals surface area contributed by atoms with Gasteiger partial charge in [0.15, 0.2) is 12.3 Å². The van der Waals surface area contributed by atoms with Gasteiger partial charge in [-0.3, -0.25) is 4.79 Å². The van der Waals surface area contributed by atoms with E-state index in [0.29, 0.717) is 11.4 Å². The molecule has 0 unspecified atom stereocenters. The van der Waals surface area contributed by atoms with Crippen LogP contribution in [-0.4, -0.2) is 28.3 Å². The maximum absolute atomic E-state index is 12.8. The second-order valence-electron chi connectivity index (χ2n) is 7.01. The standard InChI is InChI=1S/C24H21N3O3S/c1-16-8-6-11-19(17(16)2)25-23(28)15-30-24(29)21-14-20(22-12-7-13-31-22)26-27(21)18-9-4-3-5-10-18/h3-14H,15H2,1-2H3,(H,25,28). The fraction of sp³-hybridized carbons (Fsp3) is 0.125. The summed E-state index contributed by atoms with van der Waals surface area (Å²) in [4.78, 5) is 26.1. The topological polar surface area (TPSA) is 73.2 Å². The molecule has 0 aliphatic rings. The van der Waals surface area contributed by atoms with Crippen LogP contribution in [0.1, 0.15) is 21.6 Å². The first-order valence-corrected chi connectivity index (χ1v) is 10.6. The molecular weight excluding hydrogens is 410 g/mol. The SMILES string of the molecule is Cc1cccc(NC(=O)COC(=O)c2cc(-c3cccs3)nn2-c2ccccc2)c1C. The first-order chi connectivity index (χ1) is 15.0. The highest BCUT2D eigenvalue weighted by Gasteiger charge is 2.20. The van der Waals surface area contributed by atoms with Gasteiger partial charge in [0.05, 0.1) is 10.6 Å². The van der Waals surface area contributed by atoms with Gasteiger partial charge >= 0.3 is 5.97 Å². The molecule has 0 fully saturated rings. The Hall–Kier alpha value is -3.71. The zero-order chi connectivity index (χ0) is 21.8. The van der Waals surface area contributed by atoms with Crippen molar-refractivity contribution in [2.45, 2.75) is 13.8 Å². The number of anilines is 1. The van der Waals surface area contributed by atoms with Gasteiger partial charge in [-0.15, -0.1) is 11.3 Å². The largest absolute Gasteiger partial charge is 0.451 e. The van der Waals surface area contributed by atoms with E-state index in [0.717, 1.165) is 21.7 Å². The van der Waals surface area contributed by atoms with Gasteiger partial charge in [-0.2, -0.15) is 5.10 Å². The lowest BCUT2D eigenvalue weighted by Gasteiger charge is -2.11. The lowest BCUT2D eigenvalue weighted by Crippen LogP contribution is -2.22. The van der Waals surface area contributed by atoms with E-state index in [9.17, 15) is 9.59 Å². The van der Waals surface area contributed by atoms with E-state index in [4.69, 9.17) is 4.74 Å². The average molecular weight is 432 g/mol. The fourth-order valence-corrected chi connectivity index (χ4v) is 3.80. The van der Waals surface area contributed by atoms with Crippen molar-refractivity contribution in [2.24, 2.45) is 0 Å². The predicted molar refractivity (Wildman–Crippen MR) is 122 cm³/mol. The van der Waals surface area contributed by atoms with Crippen LogP contribution in [0.25, 0.3) is 16.3 Å². The Morgan fingerprint density at radius 1 is 1.03 bits per heavy atom. The van der Waals surface area contributed by atoms with Crippen LogP contribution < -0.4 is 5.32 Å². The molecular formula is C24H21N3O3S. The van der Waals surface area contributed by atoms with E-state index in [1.165, 1.54) is 11.3 Å². The molecule has 4 rings (SSSR count). The number of hydrogen-bond acceptors (Lipinski definition) is 5. The average Bonchev–Trinajstić information content (AvgIpc) is 3.46. The van der Waals surface area contributed by atoms with Gasteiger partial charge in [0.25, 0.3) is 5.91 Å². The van der Waals surface area contributed by atoms with Crippen LogP contribution in [0.5, 0.6) is 0 Å². The molecule has 1 N–H and O–H groups in total. The maximum atomic E-state index is 12.8. The number of nitrogens with zero attached hydrogens (tertiary/aromatic N) is 2.